The van der Waals surface area contributed by atoms with Crippen molar-refractivity contribution in [1.29, 1.82) is 0 Å². The molecule has 3 aliphatic rings. The SMILES string of the molecule is COc1ccc([C@@]23CCN(C)[C@@H]2CC2(CC3)SCCS2)cc1OC. The van der Waals surface area contributed by atoms with Crippen LogP contribution in [0.15, 0.2) is 18.2 Å². The quantitative estimate of drug-likeness (QED) is 0.805. The zero-order chi connectivity index (χ0) is 16.8. The van der Waals surface area contributed by atoms with Crippen LogP contribution in [-0.4, -0.2) is 54.3 Å². The Balaban J connectivity index is 1.70. The lowest BCUT2D eigenvalue weighted by atomic mass is 9.66. The number of hydrogen-bond donors (Lipinski definition) is 0. The van der Waals surface area contributed by atoms with E-state index in [0.29, 0.717) is 10.1 Å². The van der Waals surface area contributed by atoms with Gasteiger partial charge >= 0.3 is 0 Å². The maximum atomic E-state index is 5.59. The summed E-state index contributed by atoms with van der Waals surface area (Å²) >= 11 is 4.43. The van der Waals surface area contributed by atoms with Gasteiger partial charge in [-0.2, -0.15) is 0 Å². The molecule has 3 nitrogen and oxygen atoms in total. The molecule has 1 aromatic carbocycles. The zero-order valence-electron chi connectivity index (χ0n) is 14.8. The largest absolute Gasteiger partial charge is 0.493 e. The number of methoxy groups -OCH3 is 2. The molecule has 0 amide bonds. The van der Waals surface area contributed by atoms with Crippen molar-refractivity contribution in [3.63, 3.8) is 0 Å². The van der Waals surface area contributed by atoms with Gasteiger partial charge in [0.25, 0.3) is 0 Å². The molecule has 0 radical (unpaired) electrons. The molecule has 2 heterocycles. The van der Waals surface area contributed by atoms with E-state index in [-0.39, 0.29) is 5.41 Å². The van der Waals surface area contributed by atoms with E-state index in [4.69, 9.17) is 9.47 Å². The van der Waals surface area contributed by atoms with Gasteiger partial charge < -0.3 is 14.4 Å². The van der Waals surface area contributed by atoms with E-state index in [9.17, 15) is 0 Å². The Morgan fingerprint density at radius 2 is 1.79 bits per heavy atom. The summed E-state index contributed by atoms with van der Waals surface area (Å²) < 4.78 is 11.5. The molecular formula is C19H27NO2S2. The molecule has 3 fully saturated rings. The summed E-state index contributed by atoms with van der Waals surface area (Å²) in [5, 5.41) is 0. The van der Waals surface area contributed by atoms with Gasteiger partial charge in [-0.3, -0.25) is 0 Å². The Labute approximate surface area is 153 Å². The van der Waals surface area contributed by atoms with Crippen molar-refractivity contribution >= 4 is 23.5 Å². The Morgan fingerprint density at radius 1 is 1.04 bits per heavy atom. The van der Waals surface area contributed by atoms with Crippen LogP contribution in [0.4, 0.5) is 0 Å². The second kappa shape index (κ2) is 6.33. The van der Waals surface area contributed by atoms with Gasteiger partial charge in [-0.05, 0) is 57.0 Å². The van der Waals surface area contributed by atoms with Crippen LogP contribution >= 0.6 is 23.5 Å². The predicted molar refractivity (Wildman–Crippen MR) is 104 cm³/mol. The molecule has 0 bridgehead atoms. The number of thioether (sulfide) groups is 2. The molecule has 1 spiro atoms. The van der Waals surface area contributed by atoms with E-state index in [2.05, 4.69) is 53.7 Å². The zero-order valence-corrected chi connectivity index (χ0v) is 16.5. The van der Waals surface area contributed by atoms with Crippen molar-refractivity contribution in [2.75, 3.05) is 39.3 Å². The van der Waals surface area contributed by atoms with E-state index < -0.39 is 0 Å². The summed E-state index contributed by atoms with van der Waals surface area (Å²) in [6.45, 7) is 1.20. The van der Waals surface area contributed by atoms with Crippen LogP contribution in [0.2, 0.25) is 0 Å². The first kappa shape index (κ1) is 16.9. The number of fused-ring (bicyclic) bond motifs is 1. The number of likely N-dealkylation sites (tertiary alicyclic amines) is 1. The molecule has 4 rings (SSSR count). The van der Waals surface area contributed by atoms with Gasteiger partial charge in [-0.25, -0.2) is 0 Å². The first-order chi connectivity index (χ1) is 11.6. The molecule has 2 aliphatic heterocycles. The summed E-state index contributed by atoms with van der Waals surface area (Å²) in [5.41, 5.74) is 1.72. The third kappa shape index (κ3) is 2.55. The summed E-state index contributed by atoms with van der Waals surface area (Å²) in [4.78, 5) is 2.61. The Morgan fingerprint density at radius 3 is 2.50 bits per heavy atom. The molecule has 0 aromatic heterocycles. The van der Waals surface area contributed by atoms with Gasteiger partial charge in [0.1, 0.15) is 0 Å². The highest BCUT2D eigenvalue weighted by Crippen LogP contribution is 2.60. The molecule has 5 heteroatoms. The Kier molecular flexibility index (Phi) is 4.46. The van der Waals surface area contributed by atoms with E-state index in [1.165, 1.54) is 49.3 Å². The Bertz CT molecular complexity index is 617. The van der Waals surface area contributed by atoms with E-state index in [1.807, 2.05) is 0 Å². The number of nitrogens with zero attached hydrogens (tertiary/aromatic N) is 1. The second-order valence-corrected chi connectivity index (χ2v) is 10.5. The van der Waals surface area contributed by atoms with Crippen molar-refractivity contribution in [2.24, 2.45) is 0 Å². The van der Waals surface area contributed by atoms with Crippen LogP contribution in [0.25, 0.3) is 0 Å². The highest BCUT2D eigenvalue weighted by atomic mass is 32.2. The number of rotatable bonds is 3. The molecule has 1 saturated carbocycles. The molecule has 2 saturated heterocycles. The Hall–Kier alpha value is -0.520. The van der Waals surface area contributed by atoms with Crippen LogP contribution in [0.5, 0.6) is 11.5 Å². The molecule has 132 valence electrons. The van der Waals surface area contributed by atoms with Crippen LogP contribution in [-0.2, 0) is 5.41 Å². The fourth-order valence-electron chi connectivity index (χ4n) is 4.96. The summed E-state index contributed by atoms with van der Waals surface area (Å²) in [6, 6.07) is 7.24. The maximum absolute atomic E-state index is 5.59. The van der Waals surface area contributed by atoms with E-state index in [0.717, 1.165) is 11.5 Å². The minimum Gasteiger partial charge on any atom is -0.493 e. The van der Waals surface area contributed by atoms with Crippen molar-refractivity contribution in [1.82, 2.24) is 4.90 Å². The number of ether oxygens (including phenoxy) is 2. The number of hydrogen-bond acceptors (Lipinski definition) is 5. The van der Waals surface area contributed by atoms with Crippen molar-refractivity contribution in [3.8, 4) is 11.5 Å². The molecule has 0 N–H and O–H groups in total. The smallest absolute Gasteiger partial charge is 0.161 e. The maximum Gasteiger partial charge on any atom is 0.161 e. The lowest BCUT2D eigenvalue weighted by molar-refractivity contribution is 0.179. The first-order valence-corrected chi connectivity index (χ1v) is 10.8. The molecule has 0 unspecified atom stereocenters. The lowest BCUT2D eigenvalue weighted by Gasteiger charge is -2.48. The van der Waals surface area contributed by atoms with Crippen molar-refractivity contribution in [2.45, 2.75) is 41.2 Å². The van der Waals surface area contributed by atoms with Gasteiger partial charge in [0.15, 0.2) is 11.5 Å². The third-order valence-corrected chi connectivity index (χ3v) is 9.88. The highest BCUT2D eigenvalue weighted by Gasteiger charge is 2.55. The molecule has 24 heavy (non-hydrogen) atoms. The number of benzene rings is 1. The van der Waals surface area contributed by atoms with Crippen LogP contribution in [0.3, 0.4) is 0 Å². The van der Waals surface area contributed by atoms with Crippen LogP contribution in [0, 0.1) is 0 Å². The van der Waals surface area contributed by atoms with Gasteiger partial charge in [-0.15, -0.1) is 23.5 Å². The van der Waals surface area contributed by atoms with E-state index in [1.54, 1.807) is 14.2 Å². The second-order valence-electron chi connectivity index (χ2n) is 7.28. The predicted octanol–water partition coefficient (Wildman–Crippen LogP) is 4.01. The van der Waals surface area contributed by atoms with Crippen molar-refractivity contribution < 1.29 is 9.47 Å². The van der Waals surface area contributed by atoms with Gasteiger partial charge in [0.05, 0.1) is 18.3 Å². The highest BCUT2D eigenvalue weighted by molar-refractivity contribution is 8.21. The average Bonchev–Trinajstić information content (AvgIpc) is 3.21. The van der Waals surface area contributed by atoms with Gasteiger partial charge in [0.2, 0.25) is 0 Å². The van der Waals surface area contributed by atoms with E-state index >= 15 is 0 Å². The van der Waals surface area contributed by atoms with Gasteiger partial charge in [0, 0.05) is 23.0 Å². The third-order valence-electron chi connectivity index (χ3n) is 6.31. The lowest BCUT2D eigenvalue weighted by Crippen LogP contribution is -2.49. The normalized spacial score (nSPS) is 32.0. The minimum atomic E-state index is 0.281. The fourth-order valence-corrected chi connectivity index (χ4v) is 8.25. The minimum absolute atomic E-state index is 0.281. The molecule has 1 aromatic rings. The summed E-state index contributed by atoms with van der Waals surface area (Å²) in [5.74, 6) is 4.34. The van der Waals surface area contributed by atoms with Crippen LogP contribution < -0.4 is 9.47 Å². The van der Waals surface area contributed by atoms with Crippen molar-refractivity contribution in [3.05, 3.63) is 23.8 Å². The fraction of sp³-hybridized carbons (Fsp3) is 0.684. The molecule has 2 atom stereocenters. The summed E-state index contributed by atoms with van der Waals surface area (Å²) in [6.07, 6.45) is 5.20. The molecular weight excluding hydrogens is 338 g/mol. The monoisotopic (exact) mass is 365 g/mol. The standard InChI is InChI=1S/C19H27NO2S2/c1-20-9-8-18(14-4-5-15(21-2)16(12-14)22-3)6-7-19(13-17(18)20)23-10-11-24-19/h4-5,12,17H,6-11,13H2,1-3H3/t17-,18-/m1/s1. The number of likely N-dealkylation sites (N-methyl/N-ethyl adjacent to an activating group) is 1. The van der Waals surface area contributed by atoms with Gasteiger partial charge in [-0.1, -0.05) is 6.07 Å². The van der Waals surface area contributed by atoms with Crippen LogP contribution in [0.1, 0.15) is 31.2 Å². The summed E-state index contributed by atoms with van der Waals surface area (Å²) in [7, 11) is 5.76. The topological polar surface area (TPSA) is 21.7 Å². The average molecular weight is 366 g/mol. The molecule has 1 aliphatic carbocycles. The first-order valence-electron chi connectivity index (χ1n) is 8.83.